The maximum atomic E-state index is 10.1. The zero-order chi connectivity index (χ0) is 13.5. The minimum atomic E-state index is -0.244. The van der Waals surface area contributed by atoms with Crippen LogP contribution in [0.4, 0.5) is 0 Å². The molecule has 2 N–H and O–H groups in total. The Bertz CT molecular complexity index is 347. The van der Waals surface area contributed by atoms with Gasteiger partial charge >= 0.3 is 0 Å². The lowest BCUT2D eigenvalue weighted by Gasteiger charge is -2.23. The standard InChI is InChI=1S/C16H27NO/c1-5-14(6-2)16(18)11-17-13(4)15-10-8-7-9-12(15)3/h7-10,13-14,16-18H,5-6,11H2,1-4H3. The van der Waals surface area contributed by atoms with Crippen LogP contribution in [0.3, 0.4) is 0 Å². The zero-order valence-electron chi connectivity index (χ0n) is 12.1. The smallest absolute Gasteiger partial charge is 0.0692 e. The molecule has 1 rings (SSSR count). The fourth-order valence-electron chi connectivity index (χ4n) is 2.48. The molecule has 2 nitrogen and oxygen atoms in total. The first-order valence-electron chi connectivity index (χ1n) is 7.07. The molecule has 2 heteroatoms. The van der Waals surface area contributed by atoms with Crippen molar-refractivity contribution in [3.05, 3.63) is 35.4 Å². The van der Waals surface area contributed by atoms with Gasteiger partial charge < -0.3 is 10.4 Å². The highest BCUT2D eigenvalue weighted by Gasteiger charge is 2.16. The third-order valence-corrected chi connectivity index (χ3v) is 3.88. The summed E-state index contributed by atoms with van der Waals surface area (Å²) in [6.45, 7) is 9.24. The molecule has 0 amide bonds. The number of aryl methyl sites for hydroxylation is 1. The van der Waals surface area contributed by atoms with Crippen LogP contribution in [0.2, 0.25) is 0 Å². The number of aliphatic hydroxyl groups is 1. The highest BCUT2D eigenvalue weighted by molar-refractivity contribution is 5.28. The predicted molar refractivity (Wildman–Crippen MR) is 77.7 cm³/mol. The van der Waals surface area contributed by atoms with Gasteiger partial charge in [-0.05, 0) is 30.9 Å². The SMILES string of the molecule is CCC(CC)C(O)CNC(C)c1ccccc1C. The summed E-state index contributed by atoms with van der Waals surface area (Å²) in [5.74, 6) is 0.404. The van der Waals surface area contributed by atoms with Gasteiger partial charge in [-0.2, -0.15) is 0 Å². The largest absolute Gasteiger partial charge is 0.392 e. The van der Waals surface area contributed by atoms with Crippen molar-refractivity contribution in [1.29, 1.82) is 0 Å². The van der Waals surface area contributed by atoms with Crippen molar-refractivity contribution in [1.82, 2.24) is 5.32 Å². The van der Waals surface area contributed by atoms with E-state index >= 15 is 0 Å². The number of hydrogen-bond donors (Lipinski definition) is 2. The van der Waals surface area contributed by atoms with E-state index in [1.807, 2.05) is 0 Å². The Labute approximate surface area is 111 Å². The zero-order valence-corrected chi connectivity index (χ0v) is 12.1. The third-order valence-electron chi connectivity index (χ3n) is 3.88. The molecule has 2 unspecified atom stereocenters. The second-order valence-electron chi connectivity index (χ2n) is 5.13. The highest BCUT2D eigenvalue weighted by Crippen LogP contribution is 2.18. The van der Waals surface area contributed by atoms with Gasteiger partial charge in [0.15, 0.2) is 0 Å². The first-order valence-corrected chi connectivity index (χ1v) is 7.07. The molecule has 0 aromatic heterocycles. The van der Waals surface area contributed by atoms with E-state index in [2.05, 4.69) is 57.3 Å². The van der Waals surface area contributed by atoms with E-state index in [1.54, 1.807) is 0 Å². The van der Waals surface area contributed by atoms with Gasteiger partial charge in [0.25, 0.3) is 0 Å². The Balaban J connectivity index is 2.51. The second-order valence-corrected chi connectivity index (χ2v) is 5.13. The van der Waals surface area contributed by atoms with Gasteiger partial charge in [0.1, 0.15) is 0 Å². The van der Waals surface area contributed by atoms with E-state index in [9.17, 15) is 5.11 Å². The molecule has 0 radical (unpaired) electrons. The summed E-state index contributed by atoms with van der Waals surface area (Å²) >= 11 is 0. The van der Waals surface area contributed by atoms with Crippen LogP contribution in [-0.4, -0.2) is 17.8 Å². The Kier molecular flexibility index (Phi) is 6.37. The summed E-state index contributed by atoms with van der Waals surface area (Å²) in [5, 5.41) is 13.6. The normalized spacial score (nSPS) is 14.8. The Morgan fingerprint density at radius 1 is 1.17 bits per heavy atom. The topological polar surface area (TPSA) is 32.3 Å². The number of benzene rings is 1. The Morgan fingerprint density at radius 2 is 1.78 bits per heavy atom. The molecule has 1 aromatic carbocycles. The molecule has 0 fully saturated rings. The minimum Gasteiger partial charge on any atom is -0.392 e. The van der Waals surface area contributed by atoms with Crippen molar-refractivity contribution in [2.45, 2.75) is 52.7 Å². The lowest BCUT2D eigenvalue weighted by molar-refractivity contribution is 0.0988. The summed E-state index contributed by atoms with van der Waals surface area (Å²) in [5.41, 5.74) is 2.61. The molecule has 0 saturated heterocycles. The monoisotopic (exact) mass is 249 g/mol. The average Bonchev–Trinajstić information content (AvgIpc) is 2.38. The fourth-order valence-corrected chi connectivity index (χ4v) is 2.48. The van der Waals surface area contributed by atoms with Crippen LogP contribution in [0.25, 0.3) is 0 Å². The summed E-state index contributed by atoms with van der Waals surface area (Å²) in [6, 6.07) is 8.69. The van der Waals surface area contributed by atoms with Crippen molar-refractivity contribution >= 4 is 0 Å². The number of rotatable bonds is 7. The minimum absolute atomic E-state index is 0.244. The first-order chi connectivity index (χ1) is 8.60. The van der Waals surface area contributed by atoms with E-state index in [-0.39, 0.29) is 12.1 Å². The van der Waals surface area contributed by atoms with Crippen LogP contribution >= 0.6 is 0 Å². The van der Waals surface area contributed by atoms with Crippen molar-refractivity contribution in [3.63, 3.8) is 0 Å². The number of nitrogens with one attached hydrogen (secondary N) is 1. The fraction of sp³-hybridized carbons (Fsp3) is 0.625. The molecular weight excluding hydrogens is 222 g/mol. The van der Waals surface area contributed by atoms with E-state index < -0.39 is 0 Å². The van der Waals surface area contributed by atoms with E-state index in [0.29, 0.717) is 12.5 Å². The van der Waals surface area contributed by atoms with Crippen LogP contribution in [0.5, 0.6) is 0 Å². The molecule has 0 bridgehead atoms. The lowest BCUT2D eigenvalue weighted by Crippen LogP contribution is -2.34. The second kappa shape index (κ2) is 7.55. The van der Waals surface area contributed by atoms with Gasteiger partial charge in [0.2, 0.25) is 0 Å². The van der Waals surface area contributed by atoms with Crippen molar-refractivity contribution in [3.8, 4) is 0 Å². The predicted octanol–water partition coefficient (Wildman–Crippen LogP) is 3.44. The molecule has 18 heavy (non-hydrogen) atoms. The molecule has 0 heterocycles. The molecule has 102 valence electrons. The highest BCUT2D eigenvalue weighted by atomic mass is 16.3. The molecule has 2 atom stereocenters. The summed E-state index contributed by atoms with van der Waals surface area (Å²) < 4.78 is 0. The average molecular weight is 249 g/mol. The van der Waals surface area contributed by atoms with Crippen LogP contribution in [0, 0.1) is 12.8 Å². The molecule has 0 aliphatic carbocycles. The molecular formula is C16H27NO. The van der Waals surface area contributed by atoms with Gasteiger partial charge in [-0.3, -0.25) is 0 Å². The van der Waals surface area contributed by atoms with E-state index in [0.717, 1.165) is 12.8 Å². The van der Waals surface area contributed by atoms with Gasteiger partial charge in [0, 0.05) is 12.6 Å². The van der Waals surface area contributed by atoms with Crippen LogP contribution in [0.15, 0.2) is 24.3 Å². The summed E-state index contributed by atoms with van der Waals surface area (Å²) in [6.07, 6.45) is 1.84. The molecule has 0 aliphatic rings. The summed E-state index contributed by atoms with van der Waals surface area (Å²) in [4.78, 5) is 0. The van der Waals surface area contributed by atoms with Crippen molar-refractivity contribution < 1.29 is 5.11 Å². The molecule has 1 aromatic rings. The molecule has 0 saturated carbocycles. The van der Waals surface area contributed by atoms with Gasteiger partial charge in [-0.25, -0.2) is 0 Å². The maximum Gasteiger partial charge on any atom is 0.0692 e. The molecule has 0 aliphatic heterocycles. The van der Waals surface area contributed by atoms with Crippen molar-refractivity contribution in [2.75, 3.05) is 6.54 Å². The maximum absolute atomic E-state index is 10.1. The third kappa shape index (κ3) is 4.11. The van der Waals surface area contributed by atoms with E-state index in [4.69, 9.17) is 0 Å². The van der Waals surface area contributed by atoms with Crippen molar-refractivity contribution in [2.24, 2.45) is 5.92 Å². The summed E-state index contributed by atoms with van der Waals surface area (Å²) in [7, 11) is 0. The van der Waals surface area contributed by atoms with Gasteiger partial charge in [0.05, 0.1) is 6.10 Å². The molecule has 0 spiro atoms. The lowest BCUT2D eigenvalue weighted by atomic mass is 9.96. The van der Waals surface area contributed by atoms with Gasteiger partial charge in [-0.15, -0.1) is 0 Å². The van der Waals surface area contributed by atoms with Gasteiger partial charge in [-0.1, -0.05) is 51.0 Å². The van der Waals surface area contributed by atoms with E-state index in [1.165, 1.54) is 11.1 Å². The number of aliphatic hydroxyl groups excluding tert-OH is 1. The Hall–Kier alpha value is -0.860. The van der Waals surface area contributed by atoms with Crippen LogP contribution in [0.1, 0.15) is 50.8 Å². The Morgan fingerprint density at radius 3 is 2.33 bits per heavy atom. The first kappa shape index (κ1) is 15.2. The quantitative estimate of drug-likeness (QED) is 0.776. The van der Waals surface area contributed by atoms with Crippen LogP contribution < -0.4 is 5.32 Å². The van der Waals surface area contributed by atoms with Crippen LogP contribution in [-0.2, 0) is 0 Å². The number of hydrogen-bond acceptors (Lipinski definition) is 2.